The first kappa shape index (κ1) is 17.3. The Bertz CT molecular complexity index is 557. The van der Waals surface area contributed by atoms with Crippen molar-refractivity contribution in [2.24, 2.45) is 5.41 Å². The number of likely N-dealkylation sites (tertiary alicyclic amines) is 1. The van der Waals surface area contributed by atoms with E-state index in [1.165, 1.54) is 6.07 Å². The normalized spacial score (nSPS) is 18.2. The largest absolute Gasteiger partial charge is 0.466 e. The summed E-state index contributed by atoms with van der Waals surface area (Å²) in [7, 11) is 0. The maximum absolute atomic E-state index is 13.9. The fourth-order valence-electron chi connectivity index (χ4n) is 2.64. The Morgan fingerprint density at radius 3 is 2.55 bits per heavy atom. The second-order valence-corrected chi connectivity index (χ2v) is 6.77. The van der Waals surface area contributed by atoms with Crippen LogP contribution in [0.25, 0.3) is 0 Å². The third-order valence-electron chi connectivity index (χ3n) is 4.21. The molecule has 1 fully saturated rings. The Kier molecular flexibility index (Phi) is 5.55. The van der Waals surface area contributed by atoms with Crippen molar-refractivity contribution < 1.29 is 18.3 Å². The number of piperidine rings is 1. The Balaban J connectivity index is 1.98. The van der Waals surface area contributed by atoms with Crippen molar-refractivity contribution in [1.82, 2.24) is 4.90 Å². The summed E-state index contributed by atoms with van der Waals surface area (Å²) in [5.41, 5.74) is -0.142. The van der Waals surface area contributed by atoms with Crippen molar-refractivity contribution in [2.75, 3.05) is 19.7 Å². The lowest BCUT2D eigenvalue weighted by Crippen LogP contribution is -2.43. The Hall–Kier alpha value is -1.01. The highest BCUT2D eigenvalue weighted by molar-refractivity contribution is 9.10. The van der Waals surface area contributed by atoms with Crippen molar-refractivity contribution in [3.8, 4) is 0 Å². The van der Waals surface area contributed by atoms with Gasteiger partial charge in [0, 0.05) is 12.1 Å². The summed E-state index contributed by atoms with van der Waals surface area (Å²) in [6.07, 6.45) is 1.32. The average molecular weight is 376 g/mol. The van der Waals surface area contributed by atoms with Crippen LogP contribution in [0.2, 0.25) is 0 Å². The fourth-order valence-corrected chi connectivity index (χ4v) is 2.96. The number of nitrogens with zero attached hydrogens (tertiary/aromatic N) is 1. The van der Waals surface area contributed by atoms with Gasteiger partial charge in [-0.25, -0.2) is 8.78 Å². The van der Waals surface area contributed by atoms with Crippen LogP contribution < -0.4 is 0 Å². The summed E-state index contributed by atoms with van der Waals surface area (Å²) in [6, 6.07) is 2.37. The maximum atomic E-state index is 13.9. The summed E-state index contributed by atoms with van der Waals surface area (Å²) in [6.45, 7) is 5.73. The molecule has 6 heteroatoms. The van der Waals surface area contributed by atoms with Gasteiger partial charge in [0.2, 0.25) is 0 Å². The molecule has 1 aromatic rings. The molecule has 0 spiro atoms. The van der Waals surface area contributed by atoms with Crippen LogP contribution >= 0.6 is 15.9 Å². The number of hydrogen-bond donors (Lipinski definition) is 0. The number of hydrogen-bond acceptors (Lipinski definition) is 3. The summed E-state index contributed by atoms with van der Waals surface area (Å²) < 4.78 is 32.6. The molecule has 2 rings (SSSR count). The molecule has 0 bridgehead atoms. The van der Waals surface area contributed by atoms with Crippen LogP contribution in [0.15, 0.2) is 16.6 Å². The van der Waals surface area contributed by atoms with Gasteiger partial charge in [-0.3, -0.25) is 9.69 Å². The standard InChI is InChI=1S/C16H20BrF2NO2/c1-3-22-15(21)16(2)4-6-20(7-5-16)10-11-8-14(19)12(17)9-13(11)18/h8-9H,3-7,10H2,1-2H3. The Labute approximate surface area is 137 Å². The van der Waals surface area contributed by atoms with Gasteiger partial charge in [-0.2, -0.15) is 0 Å². The van der Waals surface area contributed by atoms with Crippen LogP contribution in [0.3, 0.4) is 0 Å². The molecule has 0 N–H and O–H groups in total. The minimum Gasteiger partial charge on any atom is -0.466 e. The summed E-state index contributed by atoms with van der Waals surface area (Å²) >= 11 is 2.97. The van der Waals surface area contributed by atoms with E-state index < -0.39 is 17.0 Å². The van der Waals surface area contributed by atoms with Crippen LogP contribution in [-0.4, -0.2) is 30.6 Å². The third kappa shape index (κ3) is 3.84. The number of halogens is 3. The van der Waals surface area contributed by atoms with E-state index >= 15 is 0 Å². The van der Waals surface area contributed by atoms with E-state index in [0.717, 1.165) is 6.07 Å². The van der Waals surface area contributed by atoms with Crippen molar-refractivity contribution in [1.29, 1.82) is 0 Å². The van der Waals surface area contributed by atoms with Gasteiger partial charge in [-0.05, 0) is 67.8 Å². The van der Waals surface area contributed by atoms with E-state index in [9.17, 15) is 13.6 Å². The van der Waals surface area contributed by atoms with Gasteiger partial charge in [-0.1, -0.05) is 0 Å². The topological polar surface area (TPSA) is 29.5 Å². The summed E-state index contributed by atoms with van der Waals surface area (Å²) in [4.78, 5) is 14.0. The monoisotopic (exact) mass is 375 g/mol. The zero-order chi connectivity index (χ0) is 16.3. The first-order valence-electron chi connectivity index (χ1n) is 7.39. The number of ether oxygens (including phenoxy) is 1. The molecule has 0 amide bonds. The number of carbonyl (C=O) groups excluding carboxylic acids is 1. The predicted molar refractivity (Wildman–Crippen MR) is 83.3 cm³/mol. The van der Waals surface area contributed by atoms with Gasteiger partial charge in [0.1, 0.15) is 11.6 Å². The molecule has 0 unspecified atom stereocenters. The van der Waals surface area contributed by atoms with Crippen LogP contribution in [0.5, 0.6) is 0 Å². The van der Waals surface area contributed by atoms with E-state index in [1.54, 1.807) is 6.92 Å². The molecule has 0 aromatic heterocycles. The molecule has 0 atom stereocenters. The molecule has 1 aromatic carbocycles. The van der Waals surface area contributed by atoms with E-state index in [4.69, 9.17) is 4.74 Å². The molecule has 0 saturated carbocycles. The smallest absolute Gasteiger partial charge is 0.311 e. The highest BCUT2D eigenvalue weighted by atomic mass is 79.9. The lowest BCUT2D eigenvalue weighted by atomic mass is 9.80. The SMILES string of the molecule is CCOC(=O)C1(C)CCN(Cc2cc(F)c(Br)cc2F)CC1. The molecule has 1 saturated heterocycles. The second-order valence-electron chi connectivity index (χ2n) is 5.92. The van der Waals surface area contributed by atoms with Crippen LogP contribution in [0.4, 0.5) is 8.78 Å². The molecule has 1 aliphatic rings. The summed E-state index contributed by atoms with van der Waals surface area (Å²) in [5.74, 6) is -1.06. The lowest BCUT2D eigenvalue weighted by molar-refractivity contribution is -0.157. The molecule has 0 aliphatic carbocycles. The number of esters is 1. The first-order chi connectivity index (χ1) is 10.4. The molecule has 0 radical (unpaired) electrons. The number of benzene rings is 1. The highest BCUT2D eigenvalue weighted by Gasteiger charge is 2.38. The van der Waals surface area contributed by atoms with E-state index in [1.807, 2.05) is 11.8 Å². The van der Waals surface area contributed by atoms with Gasteiger partial charge in [0.25, 0.3) is 0 Å². The molecular weight excluding hydrogens is 356 g/mol. The van der Waals surface area contributed by atoms with Crippen LogP contribution in [-0.2, 0) is 16.1 Å². The maximum Gasteiger partial charge on any atom is 0.311 e. The molecule has 1 aliphatic heterocycles. The fraction of sp³-hybridized carbons (Fsp3) is 0.562. The predicted octanol–water partition coefficient (Wildman–Crippen LogP) is 3.89. The zero-order valence-corrected chi connectivity index (χ0v) is 14.4. The average Bonchev–Trinajstić information content (AvgIpc) is 2.47. The van der Waals surface area contributed by atoms with Crippen molar-refractivity contribution in [3.63, 3.8) is 0 Å². The Morgan fingerprint density at radius 1 is 1.32 bits per heavy atom. The minimum absolute atomic E-state index is 0.127. The van der Waals surface area contributed by atoms with Gasteiger partial charge >= 0.3 is 5.97 Å². The van der Waals surface area contributed by atoms with Gasteiger partial charge in [0.05, 0.1) is 16.5 Å². The molecule has 1 heterocycles. The van der Waals surface area contributed by atoms with Crippen LogP contribution in [0, 0.1) is 17.0 Å². The molecule has 22 heavy (non-hydrogen) atoms. The van der Waals surface area contributed by atoms with Crippen molar-refractivity contribution >= 4 is 21.9 Å². The number of carbonyl (C=O) groups is 1. The van der Waals surface area contributed by atoms with Gasteiger partial charge in [-0.15, -0.1) is 0 Å². The number of rotatable bonds is 4. The molecular formula is C16H20BrF2NO2. The third-order valence-corrected chi connectivity index (χ3v) is 4.82. The molecule has 3 nitrogen and oxygen atoms in total. The minimum atomic E-state index is -0.476. The van der Waals surface area contributed by atoms with E-state index in [0.29, 0.717) is 44.6 Å². The Morgan fingerprint density at radius 2 is 1.95 bits per heavy atom. The zero-order valence-electron chi connectivity index (χ0n) is 12.8. The van der Waals surface area contributed by atoms with E-state index in [2.05, 4.69) is 15.9 Å². The van der Waals surface area contributed by atoms with Gasteiger partial charge in [0.15, 0.2) is 0 Å². The first-order valence-corrected chi connectivity index (χ1v) is 8.18. The summed E-state index contributed by atoms with van der Waals surface area (Å²) in [5, 5.41) is 0. The van der Waals surface area contributed by atoms with Crippen molar-refractivity contribution in [2.45, 2.75) is 33.2 Å². The molecule has 122 valence electrons. The van der Waals surface area contributed by atoms with Crippen molar-refractivity contribution in [3.05, 3.63) is 33.8 Å². The van der Waals surface area contributed by atoms with E-state index in [-0.39, 0.29) is 10.4 Å². The van der Waals surface area contributed by atoms with Gasteiger partial charge < -0.3 is 4.74 Å². The second kappa shape index (κ2) is 7.04. The lowest BCUT2D eigenvalue weighted by Gasteiger charge is -2.37. The highest BCUT2D eigenvalue weighted by Crippen LogP contribution is 2.33. The quantitative estimate of drug-likeness (QED) is 0.590. The van der Waals surface area contributed by atoms with Crippen LogP contribution in [0.1, 0.15) is 32.3 Å².